The largest absolute Gasteiger partial charge is 0.461 e. The first-order chi connectivity index (χ1) is 24.1. The van der Waals surface area contributed by atoms with E-state index in [1.807, 2.05) is 20.8 Å². The first-order valence-electron chi connectivity index (χ1n) is 20.5. The van der Waals surface area contributed by atoms with Crippen LogP contribution in [0.2, 0.25) is 0 Å². The maximum absolute atomic E-state index is 12.8. The number of unbranched alkanes of at least 4 members (excludes halogenated alkanes) is 3. The van der Waals surface area contributed by atoms with Gasteiger partial charge in [0.2, 0.25) is 5.91 Å². The van der Waals surface area contributed by atoms with Crippen LogP contribution in [0.5, 0.6) is 0 Å². The van der Waals surface area contributed by atoms with E-state index in [1.54, 1.807) is 5.57 Å². The highest BCUT2D eigenvalue weighted by molar-refractivity contribution is 8.77. The maximum atomic E-state index is 12.8. The summed E-state index contributed by atoms with van der Waals surface area (Å²) in [5.41, 5.74) is 1.84. The molecule has 4 aliphatic carbocycles. The van der Waals surface area contributed by atoms with Crippen LogP contribution in [0.4, 0.5) is 4.79 Å². The lowest BCUT2D eigenvalue weighted by atomic mass is 9.47. The molecule has 0 aliphatic heterocycles. The van der Waals surface area contributed by atoms with Crippen LogP contribution < -0.4 is 10.6 Å². The molecule has 2 amide bonds. The van der Waals surface area contributed by atoms with Gasteiger partial charge in [0, 0.05) is 26.6 Å². The first kappa shape index (κ1) is 42.4. The summed E-state index contributed by atoms with van der Waals surface area (Å²) in [6.07, 6.45) is 19.9. The van der Waals surface area contributed by atoms with Crippen molar-refractivity contribution in [3.8, 4) is 0 Å². The SMILES string of the molecule is CC(C)CCC[C@@H](C)C1CCC2[C@@H]3CC=C4C[C@@H](OC(=O)CSSCC(=O)NCCCCCCNC(=O)OC(C)(C)C)CC[C@]4(C)C3CC[C@@]21C.[HH].[HH].[HH].[HH].[HH]. The van der Waals surface area contributed by atoms with Gasteiger partial charge in [-0.25, -0.2) is 4.79 Å². The van der Waals surface area contributed by atoms with Crippen molar-refractivity contribution >= 4 is 39.6 Å². The smallest absolute Gasteiger partial charge is 0.407 e. The molecule has 302 valence electrons. The average Bonchev–Trinajstić information content (AvgIpc) is 3.41. The van der Waals surface area contributed by atoms with Crippen molar-refractivity contribution in [2.45, 2.75) is 163 Å². The predicted molar refractivity (Wildman–Crippen MR) is 224 cm³/mol. The van der Waals surface area contributed by atoms with Crippen LogP contribution in [0.3, 0.4) is 0 Å². The zero-order valence-electron chi connectivity index (χ0n) is 33.4. The number of ether oxygens (including phenoxy) is 2. The summed E-state index contributed by atoms with van der Waals surface area (Å²) >= 11 is 0. The normalized spacial score (nSPS) is 30.8. The van der Waals surface area contributed by atoms with Crippen LogP contribution in [-0.4, -0.2) is 54.3 Å². The highest BCUT2D eigenvalue weighted by Gasteiger charge is 2.59. The van der Waals surface area contributed by atoms with Crippen LogP contribution in [0.25, 0.3) is 0 Å². The standard InChI is InChI=1S/C42H72N2O5S2.5H2/c1-29(2)14-13-15-30(3)34-18-19-35-33-17-16-31-26-32(20-22-41(31,7)36(33)21-23-42(34,35)8)48-38(46)28-51-50-27-37(45)43-24-11-9-10-12-25-44-39(47)49-40(4,5)6;;;;;/h16,29-30,32-36H,9-15,17-28H2,1-8H3,(H,43,45)(H,44,47);5*1H/t30-,32+,33+,34?,35?,36?,41+,42-;;;;;/m1...../s1. The van der Waals surface area contributed by atoms with Crippen LogP contribution in [0.1, 0.15) is 159 Å². The van der Waals surface area contributed by atoms with Crippen molar-refractivity contribution in [1.29, 1.82) is 0 Å². The van der Waals surface area contributed by atoms with E-state index in [-0.39, 0.29) is 42.4 Å². The molecule has 0 aromatic carbocycles. The van der Waals surface area contributed by atoms with E-state index in [0.29, 0.717) is 24.3 Å². The highest BCUT2D eigenvalue weighted by Crippen LogP contribution is 2.67. The first-order valence-corrected chi connectivity index (χ1v) is 23.0. The molecule has 0 aromatic rings. The number of carbonyl (C=O) groups is 3. The molecule has 9 heteroatoms. The van der Waals surface area contributed by atoms with Gasteiger partial charge in [0.1, 0.15) is 17.5 Å². The fraction of sp³-hybridized carbons (Fsp3) is 0.881. The van der Waals surface area contributed by atoms with Gasteiger partial charge in [-0.2, -0.15) is 0 Å². The highest BCUT2D eigenvalue weighted by atomic mass is 33.1. The summed E-state index contributed by atoms with van der Waals surface area (Å²) < 4.78 is 11.2. The number of hydrogen-bond donors (Lipinski definition) is 2. The van der Waals surface area contributed by atoms with Crippen molar-refractivity contribution < 1.29 is 31.0 Å². The summed E-state index contributed by atoms with van der Waals surface area (Å²) in [6, 6.07) is 0. The molecule has 4 rings (SSSR count). The molecule has 4 aliphatic rings. The van der Waals surface area contributed by atoms with E-state index >= 15 is 0 Å². The molecule has 0 heterocycles. The Bertz CT molecular complexity index is 1210. The van der Waals surface area contributed by atoms with Gasteiger partial charge in [0.25, 0.3) is 0 Å². The number of alkyl carbamates (subject to hydrolysis) is 1. The molecule has 0 aromatic heterocycles. The Balaban J connectivity index is 0. The molecule has 0 bridgehead atoms. The van der Waals surface area contributed by atoms with Crippen molar-refractivity contribution in [2.75, 3.05) is 24.6 Å². The quantitative estimate of drug-likeness (QED) is 0.0622. The minimum Gasteiger partial charge on any atom is -0.461 e. The third-order valence-corrected chi connectivity index (χ3v) is 15.2. The number of esters is 1. The Morgan fingerprint density at radius 1 is 0.882 bits per heavy atom. The van der Waals surface area contributed by atoms with Gasteiger partial charge in [-0.05, 0) is 125 Å². The van der Waals surface area contributed by atoms with E-state index in [9.17, 15) is 14.4 Å². The second kappa shape index (κ2) is 19.3. The lowest BCUT2D eigenvalue weighted by Gasteiger charge is -2.58. The molecule has 51 heavy (non-hydrogen) atoms. The van der Waals surface area contributed by atoms with Crippen molar-refractivity contribution in [3.05, 3.63) is 11.6 Å². The van der Waals surface area contributed by atoms with E-state index in [2.05, 4.69) is 51.3 Å². The minimum atomic E-state index is -0.485. The summed E-state index contributed by atoms with van der Waals surface area (Å²) in [4.78, 5) is 36.7. The molecule has 0 saturated heterocycles. The van der Waals surface area contributed by atoms with Crippen LogP contribution >= 0.6 is 21.6 Å². The summed E-state index contributed by atoms with van der Waals surface area (Å²) in [7, 11) is 2.83. The van der Waals surface area contributed by atoms with E-state index in [1.165, 1.54) is 73.0 Å². The molecular formula is C42H82N2O5S2. The van der Waals surface area contributed by atoms with Crippen LogP contribution in [0.15, 0.2) is 11.6 Å². The zero-order valence-corrected chi connectivity index (χ0v) is 35.0. The Morgan fingerprint density at radius 2 is 1.59 bits per heavy atom. The fourth-order valence-electron chi connectivity index (χ4n) is 10.5. The average molecular weight is 759 g/mol. The molecule has 3 fully saturated rings. The van der Waals surface area contributed by atoms with E-state index in [0.717, 1.165) is 80.5 Å². The molecular weight excluding hydrogens is 677 g/mol. The van der Waals surface area contributed by atoms with Gasteiger partial charge < -0.3 is 20.1 Å². The number of amides is 2. The number of rotatable bonds is 18. The summed E-state index contributed by atoms with van der Waals surface area (Å²) in [5.74, 6) is 5.42. The Labute approximate surface area is 326 Å². The number of fused-ring (bicyclic) bond motifs is 5. The Hall–Kier alpha value is -1.35. The molecule has 8 atom stereocenters. The molecule has 7 nitrogen and oxygen atoms in total. The summed E-state index contributed by atoms with van der Waals surface area (Å²) in [5, 5.41) is 5.74. The lowest BCUT2D eigenvalue weighted by Crippen LogP contribution is -2.51. The van der Waals surface area contributed by atoms with Crippen LogP contribution in [0, 0.1) is 46.3 Å². The van der Waals surface area contributed by atoms with E-state index < -0.39 is 5.60 Å². The number of nitrogens with one attached hydrogen (secondary N) is 2. The maximum Gasteiger partial charge on any atom is 0.407 e. The number of carbonyl (C=O) groups excluding carboxylic acids is 3. The molecule has 3 unspecified atom stereocenters. The monoisotopic (exact) mass is 759 g/mol. The van der Waals surface area contributed by atoms with E-state index in [4.69, 9.17) is 9.47 Å². The van der Waals surface area contributed by atoms with Gasteiger partial charge >= 0.3 is 12.1 Å². The number of allylic oxidation sites excluding steroid dienone is 1. The number of hydrogen-bond acceptors (Lipinski definition) is 7. The fourth-order valence-corrected chi connectivity index (χ4v) is 12.2. The third kappa shape index (κ3) is 12.1. The Morgan fingerprint density at radius 3 is 2.29 bits per heavy atom. The van der Waals surface area contributed by atoms with Gasteiger partial charge in [-0.3, -0.25) is 9.59 Å². The zero-order chi connectivity index (χ0) is 37.2. The second-order valence-corrected chi connectivity index (χ2v) is 20.8. The van der Waals surface area contributed by atoms with Gasteiger partial charge in [-0.15, -0.1) is 0 Å². The molecule has 0 radical (unpaired) electrons. The predicted octanol–water partition coefficient (Wildman–Crippen LogP) is 11.8. The molecule has 0 spiro atoms. The van der Waals surface area contributed by atoms with Gasteiger partial charge in [-0.1, -0.05) is 100.0 Å². The third-order valence-electron chi connectivity index (χ3n) is 13.1. The van der Waals surface area contributed by atoms with Crippen molar-refractivity contribution in [1.82, 2.24) is 10.6 Å². The van der Waals surface area contributed by atoms with Gasteiger partial charge in [0.05, 0.1) is 5.75 Å². The second-order valence-electron chi connectivity index (χ2n) is 18.4. The Kier molecular flexibility index (Phi) is 16.0. The minimum absolute atomic E-state index is 0. The lowest BCUT2D eigenvalue weighted by molar-refractivity contribution is -0.148. The topological polar surface area (TPSA) is 93.7 Å². The summed E-state index contributed by atoms with van der Waals surface area (Å²) in [6.45, 7) is 19.3. The van der Waals surface area contributed by atoms with Gasteiger partial charge in [0.15, 0.2) is 0 Å². The molecule has 2 N–H and O–H groups in total. The van der Waals surface area contributed by atoms with Crippen molar-refractivity contribution in [3.63, 3.8) is 0 Å². The van der Waals surface area contributed by atoms with Crippen molar-refractivity contribution in [2.24, 2.45) is 46.3 Å². The van der Waals surface area contributed by atoms with Crippen LogP contribution in [-0.2, 0) is 19.1 Å². The molecule has 3 saturated carbocycles.